The largest absolute Gasteiger partial charge is 0.478 e. The van der Waals surface area contributed by atoms with Crippen molar-refractivity contribution in [2.45, 2.75) is 27.3 Å². The van der Waals surface area contributed by atoms with Crippen LogP contribution in [0.1, 0.15) is 22.3 Å². The van der Waals surface area contributed by atoms with E-state index in [2.05, 4.69) is 11.4 Å². The first-order valence-electron chi connectivity index (χ1n) is 5.65. The van der Waals surface area contributed by atoms with Crippen molar-refractivity contribution in [3.05, 3.63) is 46.5 Å². The van der Waals surface area contributed by atoms with E-state index in [-0.39, 0.29) is 0 Å². The van der Waals surface area contributed by atoms with Crippen LogP contribution >= 0.6 is 0 Å². The van der Waals surface area contributed by atoms with Crippen molar-refractivity contribution in [3.63, 3.8) is 0 Å². The number of carbonyl (C=O) groups excluding carboxylic acids is 1. The van der Waals surface area contributed by atoms with Gasteiger partial charge in [-0.3, -0.25) is 4.79 Å². The molecule has 4 nitrogen and oxygen atoms in total. The topological polar surface area (TPSA) is 66.4 Å². The van der Waals surface area contributed by atoms with Crippen molar-refractivity contribution < 1.29 is 14.7 Å². The number of carboxylic acids is 1. The highest BCUT2D eigenvalue weighted by atomic mass is 16.4. The van der Waals surface area contributed by atoms with E-state index in [4.69, 9.17) is 5.11 Å². The van der Waals surface area contributed by atoms with Crippen LogP contribution in [0.4, 0.5) is 0 Å². The molecule has 4 heteroatoms. The summed E-state index contributed by atoms with van der Waals surface area (Å²) in [6.45, 7) is 6.45. The van der Waals surface area contributed by atoms with E-state index in [0.29, 0.717) is 6.54 Å². The van der Waals surface area contributed by atoms with Crippen LogP contribution in [0.5, 0.6) is 0 Å². The summed E-state index contributed by atoms with van der Waals surface area (Å²) >= 11 is 0. The SMILES string of the molecule is Cc1cc(C)c(CNC(=O)/C=C/C(=O)O)cc1C. The molecule has 0 heterocycles. The lowest BCUT2D eigenvalue weighted by molar-refractivity contribution is -0.131. The summed E-state index contributed by atoms with van der Waals surface area (Å²) < 4.78 is 0. The molecule has 0 fully saturated rings. The third kappa shape index (κ3) is 4.05. The first-order chi connectivity index (χ1) is 8.40. The quantitative estimate of drug-likeness (QED) is 0.798. The molecule has 0 saturated carbocycles. The Morgan fingerprint density at radius 2 is 1.72 bits per heavy atom. The van der Waals surface area contributed by atoms with Crippen molar-refractivity contribution >= 4 is 11.9 Å². The predicted molar refractivity (Wildman–Crippen MR) is 69.3 cm³/mol. The molecular formula is C14H17NO3. The van der Waals surface area contributed by atoms with E-state index in [1.165, 1.54) is 11.1 Å². The molecule has 2 N–H and O–H groups in total. The monoisotopic (exact) mass is 247 g/mol. The molecule has 96 valence electrons. The molecule has 1 rings (SSSR count). The van der Waals surface area contributed by atoms with Crippen LogP contribution < -0.4 is 5.32 Å². The molecule has 0 bridgehead atoms. The van der Waals surface area contributed by atoms with Gasteiger partial charge in [-0.1, -0.05) is 12.1 Å². The Balaban J connectivity index is 2.67. The molecule has 1 aromatic carbocycles. The van der Waals surface area contributed by atoms with Gasteiger partial charge in [0, 0.05) is 18.7 Å². The Kier molecular flexibility index (Phi) is 4.66. The molecule has 0 atom stereocenters. The van der Waals surface area contributed by atoms with Gasteiger partial charge in [0.1, 0.15) is 0 Å². The molecule has 0 spiro atoms. The van der Waals surface area contributed by atoms with E-state index in [0.717, 1.165) is 23.3 Å². The summed E-state index contributed by atoms with van der Waals surface area (Å²) in [5.74, 6) is -1.54. The number of aliphatic carboxylic acids is 1. The van der Waals surface area contributed by atoms with Crippen molar-refractivity contribution in [2.24, 2.45) is 0 Å². The van der Waals surface area contributed by atoms with Gasteiger partial charge in [-0.05, 0) is 43.0 Å². The molecule has 1 aromatic rings. The Labute approximate surface area is 106 Å². The maximum Gasteiger partial charge on any atom is 0.328 e. The molecule has 0 aromatic heterocycles. The molecule has 0 saturated heterocycles. The lowest BCUT2D eigenvalue weighted by atomic mass is 10.0. The first kappa shape index (κ1) is 14.0. The van der Waals surface area contributed by atoms with Crippen LogP contribution in [0.3, 0.4) is 0 Å². The number of hydrogen-bond donors (Lipinski definition) is 2. The number of aryl methyl sites for hydroxylation is 3. The predicted octanol–water partition coefficient (Wildman–Crippen LogP) is 1.87. The van der Waals surface area contributed by atoms with E-state index >= 15 is 0 Å². The number of rotatable bonds is 4. The van der Waals surface area contributed by atoms with Gasteiger partial charge in [0.05, 0.1) is 0 Å². The van der Waals surface area contributed by atoms with Gasteiger partial charge < -0.3 is 10.4 Å². The standard InChI is InChI=1S/C14H17NO3/c1-9-6-11(3)12(7-10(9)2)8-15-13(16)4-5-14(17)18/h4-7H,8H2,1-3H3,(H,15,16)(H,17,18)/b5-4+. The van der Waals surface area contributed by atoms with Crippen LogP contribution in [-0.4, -0.2) is 17.0 Å². The van der Waals surface area contributed by atoms with Crippen LogP contribution in [0.15, 0.2) is 24.3 Å². The Hall–Kier alpha value is -2.10. The minimum Gasteiger partial charge on any atom is -0.478 e. The van der Waals surface area contributed by atoms with E-state index in [1.807, 2.05) is 26.8 Å². The molecule has 0 unspecified atom stereocenters. The summed E-state index contributed by atoms with van der Waals surface area (Å²) in [6, 6.07) is 4.11. The highest BCUT2D eigenvalue weighted by molar-refractivity contribution is 5.93. The number of amides is 1. The van der Waals surface area contributed by atoms with Crippen molar-refractivity contribution in [2.75, 3.05) is 0 Å². The maximum absolute atomic E-state index is 11.3. The Morgan fingerprint density at radius 1 is 1.11 bits per heavy atom. The summed E-state index contributed by atoms with van der Waals surface area (Å²) in [7, 11) is 0. The number of carbonyl (C=O) groups is 2. The summed E-state index contributed by atoms with van der Waals surface area (Å²) in [6.07, 6.45) is 1.83. The van der Waals surface area contributed by atoms with Gasteiger partial charge in [-0.25, -0.2) is 4.79 Å². The number of benzene rings is 1. The van der Waals surface area contributed by atoms with Crippen molar-refractivity contribution in [3.8, 4) is 0 Å². The lowest BCUT2D eigenvalue weighted by Gasteiger charge is -2.10. The number of carboxylic acid groups (broad SMARTS) is 1. The zero-order valence-corrected chi connectivity index (χ0v) is 10.8. The fraction of sp³-hybridized carbons (Fsp3) is 0.286. The number of hydrogen-bond acceptors (Lipinski definition) is 2. The highest BCUT2D eigenvalue weighted by Gasteiger charge is 2.03. The van der Waals surface area contributed by atoms with Crippen molar-refractivity contribution in [1.29, 1.82) is 0 Å². The minimum atomic E-state index is -1.13. The van der Waals surface area contributed by atoms with E-state index < -0.39 is 11.9 Å². The smallest absolute Gasteiger partial charge is 0.328 e. The minimum absolute atomic E-state index is 0.399. The fourth-order valence-corrected chi connectivity index (χ4v) is 1.60. The second-order valence-electron chi connectivity index (χ2n) is 4.25. The summed E-state index contributed by atoms with van der Waals surface area (Å²) in [4.78, 5) is 21.6. The average Bonchev–Trinajstić information content (AvgIpc) is 2.29. The third-order valence-electron chi connectivity index (χ3n) is 2.78. The molecule has 0 aliphatic heterocycles. The zero-order chi connectivity index (χ0) is 13.7. The van der Waals surface area contributed by atoms with Gasteiger partial charge in [-0.15, -0.1) is 0 Å². The van der Waals surface area contributed by atoms with Crippen LogP contribution in [-0.2, 0) is 16.1 Å². The van der Waals surface area contributed by atoms with E-state index in [1.54, 1.807) is 0 Å². The molecular weight excluding hydrogens is 230 g/mol. The van der Waals surface area contributed by atoms with Gasteiger partial charge in [0.25, 0.3) is 0 Å². The maximum atomic E-state index is 11.3. The zero-order valence-electron chi connectivity index (χ0n) is 10.8. The Morgan fingerprint density at radius 3 is 2.33 bits per heavy atom. The normalized spacial score (nSPS) is 10.6. The van der Waals surface area contributed by atoms with Gasteiger partial charge in [0.15, 0.2) is 0 Å². The highest BCUT2D eigenvalue weighted by Crippen LogP contribution is 2.14. The van der Waals surface area contributed by atoms with E-state index in [9.17, 15) is 9.59 Å². The number of nitrogens with one attached hydrogen (secondary N) is 1. The lowest BCUT2D eigenvalue weighted by Crippen LogP contribution is -2.21. The second-order valence-corrected chi connectivity index (χ2v) is 4.25. The molecule has 0 aliphatic rings. The van der Waals surface area contributed by atoms with Crippen LogP contribution in [0, 0.1) is 20.8 Å². The van der Waals surface area contributed by atoms with Gasteiger partial charge >= 0.3 is 5.97 Å². The fourth-order valence-electron chi connectivity index (χ4n) is 1.60. The van der Waals surface area contributed by atoms with Gasteiger partial charge in [-0.2, -0.15) is 0 Å². The summed E-state index contributed by atoms with van der Waals surface area (Å²) in [5, 5.41) is 11.0. The second kappa shape index (κ2) is 6.00. The molecule has 0 aliphatic carbocycles. The summed E-state index contributed by atoms with van der Waals surface area (Å²) in [5.41, 5.74) is 4.54. The third-order valence-corrected chi connectivity index (χ3v) is 2.78. The molecule has 18 heavy (non-hydrogen) atoms. The van der Waals surface area contributed by atoms with Crippen molar-refractivity contribution in [1.82, 2.24) is 5.32 Å². The van der Waals surface area contributed by atoms with Crippen LogP contribution in [0.2, 0.25) is 0 Å². The Bertz CT molecular complexity index is 504. The van der Waals surface area contributed by atoms with Gasteiger partial charge in [0.2, 0.25) is 5.91 Å². The molecule has 1 amide bonds. The first-order valence-corrected chi connectivity index (χ1v) is 5.65. The molecule has 0 radical (unpaired) electrons. The van der Waals surface area contributed by atoms with Crippen LogP contribution in [0.25, 0.3) is 0 Å². The average molecular weight is 247 g/mol.